The van der Waals surface area contributed by atoms with Crippen LogP contribution in [0, 0.1) is 0 Å². The Bertz CT molecular complexity index is 598. The van der Waals surface area contributed by atoms with Crippen LogP contribution in [0.5, 0.6) is 0 Å². The molecule has 0 bridgehead atoms. The molecule has 1 heterocycles. The van der Waals surface area contributed by atoms with Crippen molar-refractivity contribution in [2.24, 2.45) is 0 Å². The molecule has 1 N–H and O–H groups in total. The highest BCUT2D eigenvalue weighted by Crippen LogP contribution is 2.37. The SMILES string of the molecule is O=C(CSc1nncn1C1CC1)NOCc1ccccc1. The number of thioether (sulfide) groups is 1. The highest BCUT2D eigenvalue weighted by atomic mass is 32.2. The zero-order valence-electron chi connectivity index (χ0n) is 11.4. The fourth-order valence-corrected chi connectivity index (χ4v) is 2.64. The summed E-state index contributed by atoms with van der Waals surface area (Å²) in [6, 6.07) is 10.2. The van der Waals surface area contributed by atoms with Gasteiger partial charge < -0.3 is 4.57 Å². The monoisotopic (exact) mass is 304 g/mol. The van der Waals surface area contributed by atoms with Gasteiger partial charge in [0.15, 0.2) is 5.16 Å². The number of nitrogens with one attached hydrogen (secondary N) is 1. The molecule has 1 aliphatic carbocycles. The lowest BCUT2D eigenvalue weighted by molar-refractivity contribution is -0.131. The molecule has 7 heteroatoms. The molecular weight excluding hydrogens is 288 g/mol. The van der Waals surface area contributed by atoms with Gasteiger partial charge in [-0.1, -0.05) is 42.1 Å². The molecule has 21 heavy (non-hydrogen) atoms. The minimum absolute atomic E-state index is 0.179. The van der Waals surface area contributed by atoms with Gasteiger partial charge in [-0.3, -0.25) is 9.63 Å². The van der Waals surface area contributed by atoms with Crippen molar-refractivity contribution in [3.05, 3.63) is 42.2 Å². The maximum absolute atomic E-state index is 11.7. The van der Waals surface area contributed by atoms with Crippen LogP contribution in [-0.2, 0) is 16.2 Å². The third-order valence-corrected chi connectivity index (χ3v) is 4.04. The van der Waals surface area contributed by atoms with Crippen molar-refractivity contribution < 1.29 is 9.63 Å². The van der Waals surface area contributed by atoms with Gasteiger partial charge in [0, 0.05) is 6.04 Å². The Kier molecular flexibility index (Phi) is 4.52. The minimum Gasteiger partial charge on any atom is -0.306 e. The van der Waals surface area contributed by atoms with Crippen LogP contribution >= 0.6 is 11.8 Å². The van der Waals surface area contributed by atoms with Gasteiger partial charge in [-0.15, -0.1) is 10.2 Å². The largest absolute Gasteiger partial charge is 0.306 e. The molecule has 1 aromatic heterocycles. The van der Waals surface area contributed by atoms with Gasteiger partial charge in [-0.2, -0.15) is 0 Å². The molecule has 110 valence electrons. The minimum atomic E-state index is -0.179. The first-order chi connectivity index (χ1) is 10.3. The fraction of sp³-hybridized carbons (Fsp3) is 0.357. The van der Waals surface area contributed by atoms with Crippen LogP contribution in [0.15, 0.2) is 41.8 Å². The number of hydrogen-bond donors (Lipinski definition) is 1. The summed E-state index contributed by atoms with van der Waals surface area (Å²) in [6.07, 6.45) is 4.06. The van der Waals surface area contributed by atoms with E-state index in [9.17, 15) is 4.79 Å². The molecule has 3 rings (SSSR count). The lowest BCUT2D eigenvalue weighted by Crippen LogP contribution is -2.25. The van der Waals surface area contributed by atoms with E-state index < -0.39 is 0 Å². The quantitative estimate of drug-likeness (QED) is 0.625. The Morgan fingerprint density at radius 2 is 2.19 bits per heavy atom. The van der Waals surface area contributed by atoms with E-state index in [0.717, 1.165) is 23.6 Å². The summed E-state index contributed by atoms with van der Waals surface area (Å²) in [5, 5.41) is 8.71. The number of hydroxylamine groups is 1. The van der Waals surface area contributed by atoms with Crippen LogP contribution in [-0.4, -0.2) is 26.4 Å². The average molecular weight is 304 g/mol. The Balaban J connectivity index is 1.39. The highest BCUT2D eigenvalue weighted by molar-refractivity contribution is 7.99. The third kappa shape index (κ3) is 4.05. The van der Waals surface area contributed by atoms with Gasteiger partial charge in [0.1, 0.15) is 6.33 Å². The number of benzene rings is 1. The van der Waals surface area contributed by atoms with E-state index in [1.165, 1.54) is 11.8 Å². The Morgan fingerprint density at radius 3 is 2.95 bits per heavy atom. The molecule has 0 atom stereocenters. The molecule has 0 aliphatic heterocycles. The summed E-state index contributed by atoms with van der Waals surface area (Å²) in [5.74, 6) is 0.0847. The maximum atomic E-state index is 11.7. The van der Waals surface area contributed by atoms with Crippen molar-refractivity contribution in [3.8, 4) is 0 Å². The van der Waals surface area contributed by atoms with Gasteiger partial charge in [0.2, 0.25) is 0 Å². The van der Waals surface area contributed by atoms with Crippen molar-refractivity contribution in [3.63, 3.8) is 0 Å². The van der Waals surface area contributed by atoms with Gasteiger partial charge in [0.25, 0.3) is 5.91 Å². The van der Waals surface area contributed by atoms with E-state index in [0.29, 0.717) is 12.6 Å². The predicted molar refractivity (Wildman–Crippen MR) is 78.4 cm³/mol. The molecule has 0 unspecified atom stereocenters. The molecule has 1 aliphatic rings. The second kappa shape index (κ2) is 6.73. The van der Waals surface area contributed by atoms with Crippen molar-refractivity contribution in [1.82, 2.24) is 20.2 Å². The number of nitrogens with zero attached hydrogens (tertiary/aromatic N) is 3. The molecule has 2 aromatic rings. The fourth-order valence-electron chi connectivity index (χ4n) is 1.87. The van der Waals surface area contributed by atoms with E-state index in [-0.39, 0.29) is 11.7 Å². The standard InChI is InChI=1S/C14H16N4O2S/c19-13(17-20-8-11-4-2-1-3-5-11)9-21-14-16-15-10-18(14)12-6-7-12/h1-5,10,12H,6-9H2,(H,17,19). The molecule has 0 spiro atoms. The van der Waals surface area contributed by atoms with E-state index in [1.54, 1.807) is 6.33 Å². The van der Waals surface area contributed by atoms with Crippen LogP contribution in [0.4, 0.5) is 0 Å². The average Bonchev–Trinajstić information content (AvgIpc) is 3.25. The van der Waals surface area contributed by atoms with Gasteiger partial charge in [-0.05, 0) is 18.4 Å². The topological polar surface area (TPSA) is 69.0 Å². The molecule has 1 fully saturated rings. The smallest absolute Gasteiger partial charge is 0.254 e. The second-order valence-corrected chi connectivity index (χ2v) is 5.78. The zero-order valence-corrected chi connectivity index (χ0v) is 12.3. The Labute approximate surface area is 126 Å². The van der Waals surface area contributed by atoms with E-state index >= 15 is 0 Å². The van der Waals surface area contributed by atoms with Crippen molar-refractivity contribution in [1.29, 1.82) is 0 Å². The number of carbonyl (C=O) groups excluding carboxylic acids is 1. The number of rotatable bonds is 7. The Hall–Kier alpha value is -1.86. The number of aromatic nitrogens is 3. The van der Waals surface area contributed by atoms with Crippen molar-refractivity contribution in [2.75, 3.05) is 5.75 Å². The van der Waals surface area contributed by atoms with E-state index in [4.69, 9.17) is 4.84 Å². The summed E-state index contributed by atoms with van der Waals surface area (Å²) >= 11 is 1.37. The van der Waals surface area contributed by atoms with Crippen molar-refractivity contribution >= 4 is 17.7 Å². The highest BCUT2D eigenvalue weighted by Gasteiger charge is 2.26. The molecule has 0 radical (unpaired) electrons. The summed E-state index contributed by atoms with van der Waals surface area (Å²) < 4.78 is 2.03. The van der Waals surface area contributed by atoms with Crippen LogP contribution < -0.4 is 5.48 Å². The van der Waals surface area contributed by atoms with Crippen LogP contribution in [0.3, 0.4) is 0 Å². The zero-order chi connectivity index (χ0) is 14.5. The van der Waals surface area contributed by atoms with Gasteiger partial charge in [-0.25, -0.2) is 5.48 Å². The molecule has 6 nitrogen and oxygen atoms in total. The summed E-state index contributed by atoms with van der Waals surface area (Å²) in [4.78, 5) is 16.9. The number of hydrogen-bond acceptors (Lipinski definition) is 5. The molecule has 1 amide bonds. The molecule has 0 saturated heterocycles. The van der Waals surface area contributed by atoms with Gasteiger partial charge in [0.05, 0.1) is 12.4 Å². The predicted octanol–water partition coefficient (Wildman–Crippen LogP) is 1.95. The van der Waals surface area contributed by atoms with Crippen molar-refractivity contribution in [2.45, 2.75) is 30.6 Å². The van der Waals surface area contributed by atoms with E-state index in [1.807, 2.05) is 34.9 Å². The molecular formula is C14H16N4O2S. The van der Waals surface area contributed by atoms with E-state index in [2.05, 4.69) is 15.7 Å². The van der Waals surface area contributed by atoms with Crippen LogP contribution in [0.1, 0.15) is 24.4 Å². The van der Waals surface area contributed by atoms with Gasteiger partial charge >= 0.3 is 0 Å². The summed E-state index contributed by atoms with van der Waals surface area (Å²) in [5.41, 5.74) is 3.45. The summed E-state index contributed by atoms with van der Waals surface area (Å²) in [7, 11) is 0. The first kappa shape index (κ1) is 14.1. The first-order valence-corrected chi connectivity index (χ1v) is 7.78. The third-order valence-electron chi connectivity index (χ3n) is 3.08. The second-order valence-electron chi connectivity index (χ2n) is 4.84. The summed E-state index contributed by atoms with van der Waals surface area (Å²) in [6.45, 7) is 0.357. The lowest BCUT2D eigenvalue weighted by Gasteiger charge is -2.06. The maximum Gasteiger partial charge on any atom is 0.254 e. The first-order valence-electron chi connectivity index (χ1n) is 6.80. The van der Waals surface area contributed by atoms with Crippen LogP contribution in [0.25, 0.3) is 0 Å². The number of carbonyl (C=O) groups is 1. The van der Waals surface area contributed by atoms with Crippen LogP contribution in [0.2, 0.25) is 0 Å². The lowest BCUT2D eigenvalue weighted by atomic mass is 10.2. The Morgan fingerprint density at radius 1 is 1.38 bits per heavy atom. The number of amides is 1. The molecule has 1 saturated carbocycles. The molecule has 1 aromatic carbocycles. The normalized spacial score (nSPS) is 14.1.